The molecule has 3 N–H and O–H groups in total. The van der Waals surface area contributed by atoms with Crippen LogP contribution in [0.3, 0.4) is 0 Å². The van der Waals surface area contributed by atoms with E-state index in [4.69, 9.17) is 0 Å². The summed E-state index contributed by atoms with van der Waals surface area (Å²) in [7, 11) is -11.1. The quantitative estimate of drug-likeness (QED) is 0.319. The van der Waals surface area contributed by atoms with Gasteiger partial charge >= 0.3 is 20.2 Å². The molecule has 0 fully saturated rings. The van der Waals surface area contributed by atoms with E-state index >= 15 is 0 Å². The van der Waals surface area contributed by atoms with Gasteiger partial charge in [0.2, 0.25) is 0 Å². The van der Waals surface area contributed by atoms with Crippen LogP contribution >= 0.6 is 0 Å². The van der Waals surface area contributed by atoms with Crippen LogP contribution in [0.25, 0.3) is 6.08 Å². The zero-order chi connectivity index (χ0) is 25.3. The third-order valence-electron chi connectivity index (χ3n) is 5.26. The van der Waals surface area contributed by atoms with Gasteiger partial charge in [-0.25, -0.2) is 0 Å². The first-order valence-electron chi connectivity index (χ1n) is 9.93. The lowest BCUT2D eigenvalue weighted by Crippen LogP contribution is -2.59. The molecule has 0 radical (unpaired) electrons. The topological polar surface area (TPSA) is 178 Å². The Morgan fingerprint density at radius 1 is 0.629 bits per heavy atom. The van der Waals surface area contributed by atoms with Crippen LogP contribution < -0.4 is 0 Å². The minimum Gasteiger partial charge on any atom is -0.366 e. The molecule has 3 aromatic carbocycles. The maximum atomic E-state index is 12.6. The summed E-state index contributed by atoms with van der Waals surface area (Å²) in [6, 6.07) is 20.1. The molecule has 4 rings (SSSR count). The van der Waals surface area contributed by atoms with E-state index in [-0.39, 0.29) is 11.3 Å². The fraction of sp³-hybridized carbons (Fsp3) is 0.0909. The molecule has 1 aliphatic rings. The van der Waals surface area contributed by atoms with Crippen LogP contribution in [0.15, 0.2) is 105 Å². The highest BCUT2D eigenvalue weighted by Crippen LogP contribution is 2.50. The first-order valence-corrected chi connectivity index (χ1v) is 12.8. The van der Waals surface area contributed by atoms with E-state index in [0.29, 0.717) is 17.5 Å². The maximum Gasteiger partial charge on any atom is 0.303 e. The van der Waals surface area contributed by atoms with Gasteiger partial charge in [0.05, 0.1) is 17.1 Å². The minimum absolute atomic E-state index is 0.0383. The third kappa shape index (κ3) is 4.31. The zero-order valence-corrected chi connectivity index (χ0v) is 19.4. The lowest BCUT2D eigenvalue weighted by molar-refractivity contribution is 0.104. The van der Waals surface area contributed by atoms with Crippen LogP contribution in [-0.4, -0.2) is 36.0 Å². The van der Waals surface area contributed by atoms with Crippen LogP contribution in [0.5, 0.6) is 0 Å². The summed E-state index contributed by atoms with van der Waals surface area (Å²) in [5.41, 5.74) is 0.824. The average molecular weight is 515 g/mol. The van der Waals surface area contributed by atoms with Gasteiger partial charge in [-0.15, -0.1) is 0 Å². The summed E-state index contributed by atoms with van der Waals surface area (Å²) < 4.78 is 69.6. The predicted molar refractivity (Wildman–Crippen MR) is 127 cm³/mol. The molecule has 2 atom stereocenters. The number of hydrogen-bond acceptors (Lipinski definition) is 9. The predicted octanol–water partition coefficient (Wildman–Crippen LogP) is 4.53. The fourth-order valence-corrected chi connectivity index (χ4v) is 5.96. The van der Waals surface area contributed by atoms with Gasteiger partial charge in [0.25, 0.3) is 9.80 Å². The Morgan fingerprint density at radius 3 is 1.71 bits per heavy atom. The highest BCUT2D eigenvalue weighted by Gasteiger charge is 2.69. The van der Waals surface area contributed by atoms with Gasteiger partial charge in [-0.1, -0.05) is 48.5 Å². The molecule has 3 aromatic rings. The van der Waals surface area contributed by atoms with Crippen molar-refractivity contribution in [1.29, 1.82) is 0 Å². The summed E-state index contributed by atoms with van der Waals surface area (Å²) in [4.78, 5) is -6.89. The molecular weight excluding hydrogens is 496 g/mol. The van der Waals surface area contributed by atoms with E-state index in [1.807, 2.05) is 6.07 Å². The number of fused-ring (bicyclic) bond motifs is 1. The van der Waals surface area contributed by atoms with Crippen LogP contribution in [-0.2, 0) is 25.1 Å². The number of aliphatic hydroxyl groups is 1. The van der Waals surface area contributed by atoms with E-state index in [1.54, 1.807) is 24.3 Å². The van der Waals surface area contributed by atoms with Crippen LogP contribution in [0.2, 0.25) is 0 Å². The third-order valence-corrected chi connectivity index (χ3v) is 7.97. The SMILES string of the molecule is O=S(=O)(O)C1(O)C=Cc2ccccc2C1(/N=N/c1ccc(/N=N/c2ccccc2)cc1)S(=O)(=O)O. The summed E-state index contributed by atoms with van der Waals surface area (Å²) >= 11 is 0. The van der Waals surface area contributed by atoms with Crippen molar-refractivity contribution in [3.05, 3.63) is 96.1 Å². The first kappa shape index (κ1) is 24.5. The number of azo groups is 2. The van der Waals surface area contributed by atoms with Crippen molar-refractivity contribution in [3.63, 3.8) is 0 Å². The zero-order valence-electron chi connectivity index (χ0n) is 17.7. The van der Waals surface area contributed by atoms with Crippen LogP contribution in [0, 0.1) is 0 Å². The molecule has 35 heavy (non-hydrogen) atoms. The van der Waals surface area contributed by atoms with Gasteiger partial charge in [-0.2, -0.15) is 37.3 Å². The molecule has 180 valence electrons. The Labute approximate surface area is 200 Å². The first-order chi connectivity index (χ1) is 16.5. The molecule has 0 bridgehead atoms. The van der Waals surface area contributed by atoms with Gasteiger partial charge < -0.3 is 5.11 Å². The van der Waals surface area contributed by atoms with E-state index in [9.17, 15) is 31.0 Å². The molecule has 2 unspecified atom stereocenters. The van der Waals surface area contributed by atoms with Crippen molar-refractivity contribution in [2.75, 3.05) is 0 Å². The standard InChI is InChI=1S/C22H18N4O7S2/c27-21(34(28,29)30)15-14-16-6-4-5-9-20(16)22(21,35(31,32)33)26-25-19-12-10-18(11-13-19)24-23-17-7-2-1-3-8-17/h1-15,27H,(H,28,29,30)(H,31,32,33)/b24-23+,26-25+. The average Bonchev–Trinajstić information content (AvgIpc) is 2.82. The van der Waals surface area contributed by atoms with Gasteiger partial charge in [0.1, 0.15) is 0 Å². The second-order valence-electron chi connectivity index (χ2n) is 7.46. The van der Waals surface area contributed by atoms with Gasteiger partial charge in [0.15, 0.2) is 0 Å². The smallest absolute Gasteiger partial charge is 0.303 e. The number of rotatable bonds is 6. The molecule has 0 spiro atoms. The molecule has 0 amide bonds. The second kappa shape index (κ2) is 8.87. The molecule has 11 nitrogen and oxygen atoms in total. The van der Waals surface area contributed by atoms with Gasteiger partial charge in [0, 0.05) is 5.56 Å². The lowest BCUT2D eigenvalue weighted by Gasteiger charge is -2.39. The maximum absolute atomic E-state index is 12.6. The Kier molecular flexibility index (Phi) is 6.21. The van der Waals surface area contributed by atoms with E-state index in [0.717, 1.165) is 12.1 Å². The van der Waals surface area contributed by atoms with Crippen molar-refractivity contribution in [2.24, 2.45) is 20.5 Å². The molecule has 1 aliphatic carbocycles. The summed E-state index contributed by atoms with van der Waals surface area (Å²) in [6.45, 7) is 0. The monoisotopic (exact) mass is 514 g/mol. The molecule has 0 saturated heterocycles. The van der Waals surface area contributed by atoms with E-state index in [2.05, 4.69) is 20.5 Å². The number of hydrogen-bond donors (Lipinski definition) is 3. The van der Waals surface area contributed by atoms with Gasteiger partial charge in [-0.3, -0.25) is 9.11 Å². The molecule has 0 aromatic heterocycles. The van der Waals surface area contributed by atoms with Crippen molar-refractivity contribution >= 4 is 43.4 Å². The van der Waals surface area contributed by atoms with Crippen molar-refractivity contribution in [2.45, 2.75) is 9.80 Å². The molecular formula is C22H18N4O7S2. The van der Waals surface area contributed by atoms with Crippen molar-refractivity contribution in [1.82, 2.24) is 0 Å². The Bertz CT molecular complexity index is 1550. The Morgan fingerprint density at radius 2 is 1.14 bits per heavy atom. The summed E-state index contributed by atoms with van der Waals surface area (Å²) in [6.07, 6.45) is 1.62. The van der Waals surface area contributed by atoms with Gasteiger partial charge in [-0.05, 0) is 48.0 Å². The highest BCUT2D eigenvalue weighted by molar-refractivity contribution is 7.91. The second-order valence-corrected chi connectivity index (χ2v) is 10.6. The van der Waals surface area contributed by atoms with Crippen LogP contribution in [0.4, 0.5) is 17.1 Å². The largest absolute Gasteiger partial charge is 0.366 e. The highest BCUT2D eigenvalue weighted by atomic mass is 32.2. The summed E-state index contributed by atoms with van der Waals surface area (Å²) in [5, 5.41) is 26.5. The number of nitrogens with zero attached hydrogens (tertiary/aromatic N) is 4. The Hall–Kier alpha value is -3.62. The number of benzene rings is 3. The molecule has 0 heterocycles. The normalized spacial score (nSPS) is 22.5. The van der Waals surface area contributed by atoms with Crippen molar-refractivity contribution < 1.29 is 31.0 Å². The Balaban J connectivity index is 1.80. The molecule has 0 saturated carbocycles. The minimum atomic E-state index is -5.56. The summed E-state index contributed by atoms with van der Waals surface area (Å²) in [5.74, 6) is 0. The molecule has 0 aliphatic heterocycles. The fourth-order valence-electron chi connectivity index (χ4n) is 3.55. The van der Waals surface area contributed by atoms with Crippen LogP contribution in [0.1, 0.15) is 11.1 Å². The van der Waals surface area contributed by atoms with E-state index < -0.39 is 35.6 Å². The lowest BCUT2D eigenvalue weighted by atomic mass is 9.90. The van der Waals surface area contributed by atoms with E-state index in [1.165, 1.54) is 42.5 Å². The molecule has 13 heteroatoms. The van der Waals surface area contributed by atoms with Crippen molar-refractivity contribution in [3.8, 4) is 0 Å².